The fraction of sp³-hybridized carbons (Fsp3) is 0.524. The van der Waals surface area contributed by atoms with Gasteiger partial charge in [0.1, 0.15) is 5.69 Å². The van der Waals surface area contributed by atoms with Crippen molar-refractivity contribution >= 4 is 5.91 Å². The van der Waals surface area contributed by atoms with Crippen LogP contribution in [0.3, 0.4) is 0 Å². The Kier molecular flexibility index (Phi) is 5.60. The molecule has 1 aromatic carbocycles. The second kappa shape index (κ2) is 8.31. The van der Waals surface area contributed by atoms with Gasteiger partial charge < -0.3 is 14.4 Å². The van der Waals surface area contributed by atoms with Crippen LogP contribution in [0.15, 0.2) is 30.5 Å². The molecule has 1 aliphatic carbocycles. The lowest BCUT2D eigenvalue weighted by molar-refractivity contribution is -0.00548. The molecule has 1 saturated heterocycles. The Morgan fingerprint density at radius 3 is 2.79 bits per heavy atom. The molecule has 4 rings (SSSR count). The molecule has 0 unspecified atom stereocenters. The van der Waals surface area contributed by atoms with E-state index in [1.807, 2.05) is 15.8 Å². The van der Waals surface area contributed by atoms with Crippen LogP contribution in [0.4, 0.5) is 0 Å². The summed E-state index contributed by atoms with van der Waals surface area (Å²) in [6, 6.07) is 9.10. The fourth-order valence-electron chi connectivity index (χ4n) is 4.68. The van der Waals surface area contributed by atoms with Crippen molar-refractivity contribution in [3.05, 3.63) is 47.3 Å². The Balaban J connectivity index is 1.48. The zero-order valence-electron chi connectivity index (χ0n) is 16.7. The minimum atomic E-state index is -0.00912. The number of rotatable bonds is 5. The first kappa shape index (κ1) is 19.6. The molecular weight excluding hydrogens is 370 g/mol. The van der Waals surface area contributed by atoms with Gasteiger partial charge in [-0.05, 0) is 42.9 Å². The van der Waals surface area contributed by atoms with E-state index in [4.69, 9.17) is 14.7 Å². The van der Waals surface area contributed by atoms with E-state index in [1.54, 1.807) is 38.5 Å². The summed E-state index contributed by atoms with van der Waals surface area (Å²) in [7, 11) is 3.37. The van der Waals surface area contributed by atoms with Crippen LogP contribution in [0.5, 0.6) is 0 Å². The first-order valence-electron chi connectivity index (χ1n) is 9.84. The van der Waals surface area contributed by atoms with Crippen molar-refractivity contribution in [1.29, 1.82) is 5.26 Å². The lowest BCUT2D eigenvalue weighted by Crippen LogP contribution is -2.37. The monoisotopic (exact) mass is 395 g/mol. The molecule has 8 heteroatoms. The van der Waals surface area contributed by atoms with E-state index in [2.05, 4.69) is 16.4 Å². The third kappa shape index (κ3) is 3.88. The van der Waals surface area contributed by atoms with Crippen LogP contribution >= 0.6 is 0 Å². The molecule has 0 N–H and O–H groups in total. The highest BCUT2D eigenvalue weighted by Gasteiger charge is 2.44. The van der Waals surface area contributed by atoms with E-state index in [9.17, 15) is 4.79 Å². The average molecular weight is 395 g/mol. The average Bonchev–Trinajstić information content (AvgIpc) is 3.39. The molecule has 1 aromatic heterocycles. The van der Waals surface area contributed by atoms with Crippen molar-refractivity contribution in [3.63, 3.8) is 0 Å². The number of ether oxygens (including phenoxy) is 2. The summed E-state index contributed by atoms with van der Waals surface area (Å²) in [5, 5.41) is 17.6. The maximum atomic E-state index is 13.0. The van der Waals surface area contributed by atoms with Crippen LogP contribution in [-0.4, -0.2) is 59.2 Å². The van der Waals surface area contributed by atoms with Gasteiger partial charge in [-0.1, -0.05) is 11.3 Å². The zero-order valence-corrected chi connectivity index (χ0v) is 16.7. The van der Waals surface area contributed by atoms with Crippen molar-refractivity contribution in [2.45, 2.75) is 31.6 Å². The van der Waals surface area contributed by atoms with Crippen molar-refractivity contribution in [3.8, 4) is 6.07 Å². The molecule has 4 atom stereocenters. The summed E-state index contributed by atoms with van der Waals surface area (Å²) in [4.78, 5) is 14.9. The van der Waals surface area contributed by atoms with E-state index >= 15 is 0 Å². The number of aromatic nitrogens is 3. The zero-order chi connectivity index (χ0) is 20.4. The lowest BCUT2D eigenvalue weighted by Gasteiger charge is -2.36. The number of nitrogens with zero attached hydrogens (tertiary/aromatic N) is 5. The smallest absolute Gasteiger partial charge is 0.253 e. The predicted octanol–water partition coefficient (Wildman–Crippen LogP) is 2.03. The number of hydrogen-bond donors (Lipinski definition) is 0. The van der Waals surface area contributed by atoms with Crippen LogP contribution in [-0.2, 0) is 16.1 Å². The number of fused-ring (bicyclic) bond motifs is 1. The number of benzene rings is 1. The maximum absolute atomic E-state index is 13.0. The molecule has 1 saturated carbocycles. The number of amides is 1. The summed E-state index contributed by atoms with van der Waals surface area (Å²) in [6.45, 7) is 1.87. The highest BCUT2D eigenvalue weighted by Crippen LogP contribution is 2.42. The summed E-state index contributed by atoms with van der Waals surface area (Å²) in [5.41, 5.74) is 1.87. The number of carbonyl (C=O) groups is 1. The summed E-state index contributed by atoms with van der Waals surface area (Å²) >= 11 is 0. The summed E-state index contributed by atoms with van der Waals surface area (Å²) < 4.78 is 12.8. The molecule has 2 aliphatic rings. The van der Waals surface area contributed by atoms with Gasteiger partial charge in [0.2, 0.25) is 0 Å². The molecule has 2 fully saturated rings. The van der Waals surface area contributed by atoms with Crippen LogP contribution in [0.25, 0.3) is 0 Å². The van der Waals surface area contributed by atoms with Gasteiger partial charge in [0.25, 0.3) is 5.91 Å². The molecule has 2 heterocycles. The highest BCUT2D eigenvalue weighted by molar-refractivity contribution is 5.94. The van der Waals surface area contributed by atoms with Gasteiger partial charge in [-0.15, -0.1) is 5.10 Å². The second-order valence-corrected chi connectivity index (χ2v) is 7.86. The quantitative estimate of drug-likeness (QED) is 0.769. The summed E-state index contributed by atoms with van der Waals surface area (Å²) in [6.07, 6.45) is 3.73. The van der Waals surface area contributed by atoms with Crippen molar-refractivity contribution in [2.24, 2.45) is 11.8 Å². The van der Waals surface area contributed by atoms with Crippen molar-refractivity contribution in [2.75, 3.05) is 27.3 Å². The van der Waals surface area contributed by atoms with Crippen LogP contribution < -0.4 is 0 Å². The third-order valence-corrected chi connectivity index (χ3v) is 6.10. The van der Waals surface area contributed by atoms with Gasteiger partial charge >= 0.3 is 0 Å². The van der Waals surface area contributed by atoms with Crippen LogP contribution in [0.2, 0.25) is 0 Å². The SMILES string of the molecule is COCc1cn([C@@H]2C[C@@H]3CN(C(=O)c4cccc(C#N)c4)C[C@@H]3C[C@H]2OC)nn1. The van der Waals surface area contributed by atoms with Gasteiger partial charge in [-0.25, -0.2) is 4.68 Å². The molecule has 0 radical (unpaired) electrons. The molecule has 152 valence electrons. The van der Waals surface area contributed by atoms with Crippen LogP contribution in [0.1, 0.15) is 40.5 Å². The first-order chi connectivity index (χ1) is 14.1. The predicted molar refractivity (Wildman–Crippen MR) is 104 cm³/mol. The summed E-state index contributed by atoms with van der Waals surface area (Å²) in [5.74, 6) is 0.788. The Labute approximate surface area is 170 Å². The normalized spacial score (nSPS) is 26.2. The van der Waals surface area contributed by atoms with Crippen molar-refractivity contribution in [1.82, 2.24) is 19.9 Å². The molecule has 2 aromatic rings. The molecule has 1 aliphatic heterocycles. The number of hydrogen-bond acceptors (Lipinski definition) is 6. The molecule has 29 heavy (non-hydrogen) atoms. The fourth-order valence-corrected chi connectivity index (χ4v) is 4.68. The van der Waals surface area contributed by atoms with E-state index in [1.165, 1.54) is 0 Å². The molecule has 0 spiro atoms. The van der Waals surface area contributed by atoms with Crippen molar-refractivity contribution < 1.29 is 14.3 Å². The van der Waals surface area contributed by atoms with Gasteiger partial charge in [0.15, 0.2) is 0 Å². The Bertz CT molecular complexity index is 921. The Hall–Kier alpha value is -2.76. The number of likely N-dealkylation sites (tertiary alicyclic amines) is 1. The number of carbonyl (C=O) groups excluding carboxylic acids is 1. The molecule has 8 nitrogen and oxygen atoms in total. The molecule has 0 bridgehead atoms. The van der Waals surface area contributed by atoms with Gasteiger partial charge in [0, 0.05) is 32.9 Å². The van der Waals surface area contributed by atoms with Gasteiger partial charge in [-0.2, -0.15) is 5.26 Å². The topological polar surface area (TPSA) is 93.3 Å². The molecular formula is C21H25N5O3. The number of nitriles is 1. The van der Waals surface area contributed by atoms with E-state index < -0.39 is 0 Å². The van der Waals surface area contributed by atoms with Gasteiger partial charge in [-0.3, -0.25) is 4.79 Å². The van der Waals surface area contributed by atoms with E-state index in [0.29, 0.717) is 36.1 Å². The second-order valence-electron chi connectivity index (χ2n) is 7.86. The van der Waals surface area contributed by atoms with Crippen LogP contribution in [0, 0.1) is 23.2 Å². The largest absolute Gasteiger partial charge is 0.379 e. The van der Waals surface area contributed by atoms with E-state index in [0.717, 1.165) is 25.1 Å². The standard InChI is InChI=1S/C21H25N5O3/c1-28-13-18-12-26(24-23-18)19-7-16-10-25(11-17(16)8-20(19)29-2)21(27)15-5-3-4-14(6-15)9-22/h3-6,12,16-17,19-20H,7-8,10-11,13H2,1-2H3/t16-,17+,19-,20-/m1/s1. The highest BCUT2D eigenvalue weighted by atomic mass is 16.5. The minimum absolute atomic E-state index is 0.00912. The number of methoxy groups -OCH3 is 2. The Morgan fingerprint density at radius 2 is 2.07 bits per heavy atom. The molecule has 1 amide bonds. The van der Waals surface area contributed by atoms with E-state index in [-0.39, 0.29) is 18.1 Å². The lowest BCUT2D eigenvalue weighted by atomic mass is 9.77. The maximum Gasteiger partial charge on any atom is 0.253 e. The third-order valence-electron chi connectivity index (χ3n) is 6.10. The first-order valence-corrected chi connectivity index (χ1v) is 9.84. The van der Waals surface area contributed by atoms with Gasteiger partial charge in [0.05, 0.1) is 36.6 Å². The minimum Gasteiger partial charge on any atom is -0.379 e. The Morgan fingerprint density at radius 1 is 1.28 bits per heavy atom.